The van der Waals surface area contributed by atoms with Crippen LogP contribution in [0.3, 0.4) is 0 Å². The van der Waals surface area contributed by atoms with Gasteiger partial charge in [0, 0.05) is 15.8 Å². The molecule has 0 saturated carbocycles. The zero-order valence-corrected chi connectivity index (χ0v) is 15.2. The number of rotatable bonds is 7. The lowest BCUT2D eigenvalue weighted by Gasteiger charge is -2.07. The van der Waals surface area contributed by atoms with Crippen LogP contribution < -0.4 is 10.1 Å². The fourth-order valence-electron chi connectivity index (χ4n) is 2.48. The number of benzene rings is 2. The number of hydrogen-bond donors (Lipinski definition) is 1. The molecule has 26 heavy (non-hydrogen) atoms. The van der Waals surface area contributed by atoms with Gasteiger partial charge in [-0.3, -0.25) is 9.59 Å². The van der Waals surface area contributed by atoms with Crippen LogP contribution in [0.2, 0.25) is 0 Å². The van der Waals surface area contributed by atoms with E-state index in [0.29, 0.717) is 17.9 Å². The van der Waals surface area contributed by atoms with E-state index in [1.54, 1.807) is 35.6 Å². The van der Waals surface area contributed by atoms with Crippen LogP contribution in [-0.2, 0) is 16.1 Å². The van der Waals surface area contributed by atoms with Gasteiger partial charge in [0.25, 0.3) is 5.91 Å². The Morgan fingerprint density at radius 2 is 1.85 bits per heavy atom. The number of nitrogens with one attached hydrogen (secondary N) is 1. The van der Waals surface area contributed by atoms with E-state index >= 15 is 0 Å². The molecule has 0 fully saturated rings. The molecule has 1 heterocycles. The third kappa shape index (κ3) is 4.40. The van der Waals surface area contributed by atoms with Crippen LogP contribution in [0, 0.1) is 0 Å². The van der Waals surface area contributed by atoms with Crippen LogP contribution in [0.15, 0.2) is 53.9 Å². The van der Waals surface area contributed by atoms with E-state index in [-0.39, 0.29) is 19.1 Å². The molecule has 3 aromatic rings. The van der Waals surface area contributed by atoms with Crippen LogP contribution in [0.25, 0.3) is 10.1 Å². The maximum atomic E-state index is 12.1. The Morgan fingerprint density at radius 3 is 2.62 bits per heavy atom. The summed E-state index contributed by atoms with van der Waals surface area (Å²) in [7, 11) is 0. The highest BCUT2D eigenvalue weighted by Crippen LogP contribution is 2.26. The van der Waals surface area contributed by atoms with E-state index in [1.807, 2.05) is 36.6 Å². The molecule has 134 valence electrons. The molecule has 2 aromatic carbocycles. The van der Waals surface area contributed by atoms with Gasteiger partial charge in [-0.25, -0.2) is 0 Å². The van der Waals surface area contributed by atoms with Gasteiger partial charge >= 0.3 is 5.97 Å². The Hall–Kier alpha value is -2.86. The van der Waals surface area contributed by atoms with Crippen molar-refractivity contribution < 1.29 is 19.1 Å². The molecule has 0 aliphatic heterocycles. The molecule has 0 atom stereocenters. The second-order valence-corrected chi connectivity index (χ2v) is 6.47. The van der Waals surface area contributed by atoms with Crippen molar-refractivity contribution in [1.29, 1.82) is 0 Å². The summed E-state index contributed by atoms with van der Waals surface area (Å²) in [6, 6.07) is 14.7. The predicted molar refractivity (Wildman–Crippen MR) is 102 cm³/mol. The molecule has 1 N–H and O–H groups in total. The first kappa shape index (κ1) is 17.9. The molecule has 6 heteroatoms. The summed E-state index contributed by atoms with van der Waals surface area (Å²) in [5.74, 6) is -0.100. The third-order valence-corrected chi connectivity index (χ3v) is 4.78. The van der Waals surface area contributed by atoms with E-state index in [4.69, 9.17) is 9.47 Å². The van der Waals surface area contributed by atoms with E-state index in [2.05, 4.69) is 5.32 Å². The van der Waals surface area contributed by atoms with Crippen LogP contribution in [-0.4, -0.2) is 25.0 Å². The number of carbonyl (C=O) groups excluding carboxylic acids is 2. The first-order valence-corrected chi connectivity index (χ1v) is 9.17. The second kappa shape index (κ2) is 8.49. The highest BCUT2D eigenvalue weighted by Gasteiger charge is 2.11. The van der Waals surface area contributed by atoms with Gasteiger partial charge in [-0.15, -0.1) is 11.3 Å². The van der Waals surface area contributed by atoms with Crippen LogP contribution in [0.5, 0.6) is 5.75 Å². The van der Waals surface area contributed by atoms with Gasteiger partial charge in [-0.1, -0.05) is 18.2 Å². The van der Waals surface area contributed by atoms with Gasteiger partial charge in [-0.05, 0) is 48.0 Å². The fraction of sp³-hybridized carbons (Fsp3) is 0.200. The van der Waals surface area contributed by atoms with Gasteiger partial charge in [0.05, 0.1) is 6.61 Å². The van der Waals surface area contributed by atoms with E-state index in [0.717, 1.165) is 15.6 Å². The van der Waals surface area contributed by atoms with Crippen molar-refractivity contribution in [2.75, 3.05) is 13.2 Å². The summed E-state index contributed by atoms with van der Waals surface area (Å²) in [5, 5.41) is 5.64. The minimum atomic E-state index is -0.473. The first-order valence-electron chi connectivity index (χ1n) is 8.29. The van der Waals surface area contributed by atoms with Crippen LogP contribution >= 0.6 is 11.3 Å². The predicted octanol–water partition coefficient (Wildman–Crippen LogP) is 3.77. The number of hydrogen-bond acceptors (Lipinski definition) is 5. The Balaban J connectivity index is 1.48. The van der Waals surface area contributed by atoms with Gasteiger partial charge in [0.15, 0.2) is 0 Å². The van der Waals surface area contributed by atoms with E-state index < -0.39 is 5.97 Å². The lowest BCUT2D eigenvalue weighted by molar-refractivity contribution is -0.143. The molecule has 1 amide bonds. The third-order valence-electron chi connectivity index (χ3n) is 3.77. The normalized spacial score (nSPS) is 10.5. The molecule has 0 aliphatic rings. The second-order valence-electron chi connectivity index (χ2n) is 5.56. The summed E-state index contributed by atoms with van der Waals surface area (Å²) < 4.78 is 11.8. The van der Waals surface area contributed by atoms with Crippen molar-refractivity contribution >= 4 is 33.3 Å². The molecule has 1 aromatic heterocycles. The highest BCUT2D eigenvalue weighted by atomic mass is 32.1. The minimum Gasteiger partial charge on any atom is -0.494 e. The van der Waals surface area contributed by atoms with Crippen molar-refractivity contribution in [3.05, 3.63) is 65.0 Å². The molecule has 0 radical (unpaired) electrons. The zero-order valence-electron chi connectivity index (χ0n) is 14.4. The standard InChI is InChI=1S/C20H19NO4S/c1-2-24-16-9-7-14(8-10-16)20(23)21-11-19(22)25-12-15-13-26-18-6-4-3-5-17(15)18/h3-10,13H,2,11-12H2,1H3,(H,21,23). The zero-order chi connectivity index (χ0) is 18.4. The van der Waals surface area contributed by atoms with Crippen molar-refractivity contribution in [3.63, 3.8) is 0 Å². The van der Waals surface area contributed by atoms with Crippen molar-refractivity contribution in [2.24, 2.45) is 0 Å². The lowest BCUT2D eigenvalue weighted by atomic mass is 10.2. The number of thiophene rings is 1. The average molecular weight is 369 g/mol. The van der Waals surface area contributed by atoms with Gasteiger partial charge in [-0.2, -0.15) is 0 Å². The molecule has 5 nitrogen and oxygen atoms in total. The van der Waals surface area contributed by atoms with Gasteiger partial charge in [0.1, 0.15) is 18.9 Å². The quantitative estimate of drug-likeness (QED) is 0.644. The SMILES string of the molecule is CCOc1ccc(C(=O)NCC(=O)OCc2csc3ccccc23)cc1. The molecule has 0 bridgehead atoms. The van der Waals surface area contributed by atoms with Crippen molar-refractivity contribution in [1.82, 2.24) is 5.32 Å². The monoisotopic (exact) mass is 369 g/mol. The molecular formula is C20H19NO4S. The Kier molecular flexibility index (Phi) is 5.86. The maximum absolute atomic E-state index is 12.1. The molecule has 0 spiro atoms. The number of ether oxygens (including phenoxy) is 2. The van der Waals surface area contributed by atoms with Gasteiger partial charge < -0.3 is 14.8 Å². The topological polar surface area (TPSA) is 64.6 Å². The molecular weight excluding hydrogens is 350 g/mol. The number of fused-ring (bicyclic) bond motifs is 1. The summed E-state index contributed by atoms with van der Waals surface area (Å²) in [6.07, 6.45) is 0. The average Bonchev–Trinajstić information content (AvgIpc) is 3.08. The van der Waals surface area contributed by atoms with Crippen LogP contribution in [0.4, 0.5) is 0 Å². The largest absolute Gasteiger partial charge is 0.494 e. The van der Waals surface area contributed by atoms with E-state index in [9.17, 15) is 9.59 Å². The molecule has 0 aliphatic carbocycles. The van der Waals surface area contributed by atoms with Gasteiger partial charge in [0.2, 0.25) is 0 Å². The molecule has 0 saturated heterocycles. The summed E-state index contributed by atoms with van der Waals surface area (Å²) in [5.41, 5.74) is 1.43. The Bertz CT molecular complexity index is 902. The minimum absolute atomic E-state index is 0.173. The van der Waals surface area contributed by atoms with Crippen molar-refractivity contribution in [3.8, 4) is 5.75 Å². The summed E-state index contributed by atoms with van der Waals surface area (Å²) in [4.78, 5) is 24.0. The summed E-state index contributed by atoms with van der Waals surface area (Å²) in [6.45, 7) is 2.48. The lowest BCUT2D eigenvalue weighted by Crippen LogP contribution is -2.30. The number of carbonyl (C=O) groups is 2. The highest BCUT2D eigenvalue weighted by molar-refractivity contribution is 7.17. The number of esters is 1. The van der Waals surface area contributed by atoms with Crippen LogP contribution in [0.1, 0.15) is 22.8 Å². The van der Waals surface area contributed by atoms with Crippen molar-refractivity contribution in [2.45, 2.75) is 13.5 Å². The number of amides is 1. The first-order chi connectivity index (χ1) is 12.7. The maximum Gasteiger partial charge on any atom is 0.325 e. The Morgan fingerprint density at radius 1 is 1.08 bits per heavy atom. The summed E-state index contributed by atoms with van der Waals surface area (Å²) >= 11 is 1.61. The molecule has 0 unspecified atom stereocenters. The van der Waals surface area contributed by atoms with E-state index in [1.165, 1.54) is 0 Å². The Labute approximate surface area is 155 Å². The fourth-order valence-corrected chi connectivity index (χ4v) is 3.43. The molecule has 3 rings (SSSR count). The smallest absolute Gasteiger partial charge is 0.325 e.